The van der Waals surface area contributed by atoms with Gasteiger partial charge in [-0.05, 0) is 49.4 Å². The maximum Gasteiger partial charge on any atom is 0.255 e. The van der Waals surface area contributed by atoms with Crippen molar-refractivity contribution in [2.24, 2.45) is 0 Å². The highest BCUT2D eigenvalue weighted by atomic mass is 35.5. The summed E-state index contributed by atoms with van der Waals surface area (Å²) >= 11 is 6.11. The Labute approximate surface area is 165 Å². The summed E-state index contributed by atoms with van der Waals surface area (Å²) in [6.07, 6.45) is 0. The van der Waals surface area contributed by atoms with Crippen LogP contribution in [0.4, 0.5) is 5.69 Å². The highest BCUT2D eigenvalue weighted by Crippen LogP contribution is 2.26. The molecule has 8 heteroatoms. The second kappa shape index (κ2) is 9.21. The summed E-state index contributed by atoms with van der Waals surface area (Å²) in [5.41, 5.74) is 0.867. The Balaban J connectivity index is 2.14. The van der Waals surface area contributed by atoms with Crippen LogP contribution in [0.25, 0.3) is 0 Å². The molecule has 0 fully saturated rings. The monoisotopic (exact) mass is 410 g/mol. The number of carbonyl (C=O) groups is 1. The van der Waals surface area contributed by atoms with Crippen molar-refractivity contribution >= 4 is 33.2 Å². The summed E-state index contributed by atoms with van der Waals surface area (Å²) < 4.78 is 31.7. The first-order valence-corrected chi connectivity index (χ1v) is 10.5. The zero-order valence-corrected chi connectivity index (χ0v) is 17.1. The van der Waals surface area contributed by atoms with E-state index >= 15 is 0 Å². The molecule has 0 saturated heterocycles. The first-order chi connectivity index (χ1) is 12.8. The second-order valence-electron chi connectivity index (χ2n) is 5.65. The zero-order valence-electron chi connectivity index (χ0n) is 15.5. The maximum absolute atomic E-state index is 12.5. The van der Waals surface area contributed by atoms with Crippen molar-refractivity contribution in [3.05, 3.63) is 53.1 Å². The molecule has 0 aliphatic rings. The number of rotatable bonds is 8. The first-order valence-electron chi connectivity index (χ1n) is 8.67. The van der Waals surface area contributed by atoms with E-state index in [9.17, 15) is 13.2 Å². The highest BCUT2D eigenvalue weighted by Gasteiger charge is 2.21. The number of amides is 1. The van der Waals surface area contributed by atoms with Crippen LogP contribution >= 0.6 is 11.6 Å². The van der Waals surface area contributed by atoms with Gasteiger partial charge in [-0.15, -0.1) is 0 Å². The molecule has 0 unspecified atom stereocenters. The lowest BCUT2D eigenvalue weighted by molar-refractivity contribution is 0.102. The second-order valence-corrected chi connectivity index (χ2v) is 7.99. The molecule has 2 aromatic rings. The number of anilines is 1. The minimum absolute atomic E-state index is 0.188. The number of nitrogens with one attached hydrogen (secondary N) is 1. The van der Waals surface area contributed by atoms with Crippen molar-refractivity contribution in [1.29, 1.82) is 0 Å². The zero-order chi connectivity index (χ0) is 20.0. The fourth-order valence-electron chi connectivity index (χ4n) is 2.54. The molecule has 0 spiro atoms. The van der Waals surface area contributed by atoms with E-state index in [0.717, 1.165) is 0 Å². The Kier molecular flexibility index (Phi) is 7.24. The predicted octanol–water partition coefficient (Wildman–Crippen LogP) is 4.02. The van der Waals surface area contributed by atoms with Crippen molar-refractivity contribution in [3.63, 3.8) is 0 Å². The van der Waals surface area contributed by atoms with Gasteiger partial charge in [0.1, 0.15) is 5.75 Å². The van der Waals surface area contributed by atoms with Crippen LogP contribution in [0.15, 0.2) is 47.4 Å². The van der Waals surface area contributed by atoms with Crippen LogP contribution in [0.5, 0.6) is 5.75 Å². The van der Waals surface area contributed by atoms with Gasteiger partial charge in [-0.3, -0.25) is 4.79 Å². The number of sulfonamides is 1. The van der Waals surface area contributed by atoms with Crippen molar-refractivity contribution < 1.29 is 17.9 Å². The average Bonchev–Trinajstić information content (AvgIpc) is 2.64. The first kappa shape index (κ1) is 21.2. The minimum atomic E-state index is -3.53. The molecule has 0 atom stereocenters. The van der Waals surface area contributed by atoms with Crippen LogP contribution < -0.4 is 10.1 Å². The minimum Gasteiger partial charge on any atom is -0.492 e. The van der Waals surface area contributed by atoms with E-state index < -0.39 is 10.0 Å². The lowest BCUT2D eigenvalue weighted by atomic mass is 10.2. The van der Waals surface area contributed by atoms with Crippen LogP contribution in [-0.2, 0) is 10.0 Å². The molecule has 1 N–H and O–H groups in total. The summed E-state index contributed by atoms with van der Waals surface area (Å²) in [7, 11) is -3.53. The van der Waals surface area contributed by atoms with Crippen molar-refractivity contribution in [2.45, 2.75) is 25.7 Å². The smallest absolute Gasteiger partial charge is 0.255 e. The number of ether oxygens (including phenoxy) is 1. The molecule has 6 nitrogen and oxygen atoms in total. The van der Waals surface area contributed by atoms with E-state index in [1.165, 1.54) is 22.5 Å². The van der Waals surface area contributed by atoms with Crippen LogP contribution in [0, 0.1) is 0 Å². The summed E-state index contributed by atoms with van der Waals surface area (Å²) in [5.74, 6) is 0.168. The van der Waals surface area contributed by atoms with Gasteiger partial charge in [0, 0.05) is 24.3 Å². The molecular weight excluding hydrogens is 388 g/mol. The number of hydrogen-bond acceptors (Lipinski definition) is 4. The Hall–Kier alpha value is -2.09. The van der Waals surface area contributed by atoms with Gasteiger partial charge in [0.05, 0.1) is 16.5 Å². The van der Waals surface area contributed by atoms with Crippen molar-refractivity contribution in [2.75, 3.05) is 25.0 Å². The largest absolute Gasteiger partial charge is 0.492 e. The van der Waals surface area contributed by atoms with Gasteiger partial charge in [-0.25, -0.2) is 8.42 Å². The molecule has 0 heterocycles. The van der Waals surface area contributed by atoms with E-state index in [2.05, 4.69) is 5.32 Å². The Morgan fingerprint density at radius 1 is 1.07 bits per heavy atom. The third-order valence-electron chi connectivity index (χ3n) is 3.95. The van der Waals surface area contributed by atoms with Gasteiger partial charge in [0.15, 0.2) is 0 Å². The molecule has 0 aliphatic carbocycles. The number of nitrogens with zero attached hydrogens (tertiary/aromatic N) is 1. The molecule has 2 aromatic carbocycles. The lowest BCUT2D eigenvalue weighted by Crippen LogP contribution is -2.30. The normalized spacial score (nSPS) is 11.4. The standard InChI is InChI=1S/C19H23ClN2O4S/c1-4-22(5-2)27(24,25)16-10-8-15(9-11-16)21-19(23)14-7-12-18(26-6-3)17(20)13-14/h7-13H,4-6H2,1-3H3,(H,21,23). The highest BCUT2D eigenvalue weighted by molar-refractivity contribution is 7.89. The average molecular weight is 411 g/mol. The molecule has 1 amide bonds. The van der Waals surface area contributed by atoms with Crippen LogP contribution in [0.1, 0.15) is 31.1 Å². The van der Waals surface area contributed by atoms with Gasteiger partial charge in [0.2, 0.25) is 10.0 Å². The number of benzene rings is 2. The molecule has 146 valence electrons. The third kappa shape index (κ3) is 5.00. The number of hydrogen-bond donors (Lipinski definition) is 1. The summed E-state index contributed by atoms with van der Waals surface area (Å²) in [4.78, 5) is 12.6. The number of halogens is 1. The topological polar surface area (TPSA) is 75.7 Å². The van der Waals surface area contributed by atoms with Crippen molar-refractivity contribution in [3.8, 4) is 5.75 Å². The molecule has 0 bridgehead atoms. The maximum atomic E-state index is 12.5. The summed E-state index contributed by atoms with van der Waals surface area (Å²) in [5, 5.41) is 3.08. The molecule has 2 rings (SSSR count). The van der Waals surface area contributed by atoms with E-state index in [4.69, 9.17) is 16.3 Å². The van der Waals surface area contributed by atoms with Gasteiger partial charge < -0.3 is 10.1 Å². The van der Waals surface area contributed by atoms with Gasteiger partial charge in [-0.2, -0.15) is 4.31 Å². The predicted molar refractivity (Wildman–Crippen MR) is 107 cm³/mol. The quantitative estimate of drug-likeness (QED) is 0.713. The summed E-state index contributed by atoms with van der Waals surface area (Å²) in [6.45, 7) is 6.70. The van der Waals surface area contributed by atoms with Crippen molar-refractivity contribution in [1.82, 2.24) is 4.31 Å². The van der Waals surface area contributed by atoms with E-state index in [0.29, 0.717) is 41.7 Å². The molecule has 0 aromatic heterocycles. The third-order valence-corrected chi connectivity index (χ3v) is 6.31. The van der Waals surface area contributed by atoms with Crippen LogP contribution in [-0.4, -0.2) is 38.3 Å². The SMILES string of the molecule is CCOc1ccc(C(=O)Nc2ccc(S(=O)(=O)N(CC)CC)cc2)cc1Cl. The number of carbonyl (C=O) groups excluding carboxylic acids is 1. The molecule has 0 saturated carbocycles. The van der Waals surface area contributed by atoms with E-state index in [1.54, 1.807) is 38.1 Å². The van der Waals surface area contributed by atoms with Gasteiger partial charge >= 0.3 is 0 Å². The van der Waals surface area contributed by atoms with Crippen LogP contribution in [0.3, 0.4) is 0 Å². The van der Waals surface area contributed by atoms with Crippen LogP contribution in [0.2, 0.25) is 5.02 Å². The molecule has 27 heavy (non-hydrogen) atoms. The fourth-order valence-corrected chi connectivity index (χ4v) is 4.23. The summed E-state index contributed by atoms with van der Waals surface area (Å²) in [6, 6.07) is 10.9. The Morgan fingerprint density at radius 2 is 1.70 bits per heavy atom. The fraction of sp³-hybridized carbons (Fsp3) is 0.316. The molecule has 0 radical (unpaired) electrons. The molecular formula is C19H23ClN2O4S. The molecule has 0 aliphatic heterocycles. The van der Waals surface area contributed by atoms with E-state index in [1.807, 2.05) is 6.92 Å². The van der Waals surface area contributed by atoms with Gasteiger partial charge in [0.25, 0.3) is 5.91 Å². The Morgan fingerprint density at radius 3 is 2.22 bits per heavy atom. The lowest BCUT2D eigenvalue weighted by Gasteiger charge is -2.18. The van der Waals surface area contributed by atoms with Gasteiger partial charge in [-0.1, -0.05) is 25.4 Å². The van der Waals surface area contributed by atoms with E-state index in [-0.39, 0.29) is 10.8 Å². The Bertz CT molecular complexity index is 894.